The largest absolute Gasteiger partial charge is 0.496 e. The summed E-state index contributed by atoms with van der Waals surface area (Å²) in [7, 11) is -0.851. The maximum atomic E-state index is 13.5. The number of carbonyl (C=O) groups excluding carboxylic acids is 1. The Kier molecular flexibility index (Phi) is 7.45. The van der Waals surface area contributed by atoms with E-state index in [2.05, 4.69) is 16.3 Å². The van der Waals surface area contributed by atoms with Gasteiger partial charge >= 0.3 is 0 Å². The van der Waals surface area contributed by atoms with Crippen molar-refractivity contribution >= 4 is 22.2 Å². The molecule has 6 rings (SSSR count). The molecule has 9 nitrogen and oxygen atoms in total. The zero-order valence-electron chi connectivity index (χ0n) is 23.2. The van der Waals surface area contributed by atoms with Crippen LogP contribution in [0.1, 0.15) is 50.2 Å². The number of amides is 1. The van der Waals surface area contributed by atoms with Gasteiger partial charge in [-0.05, 0) is 49.9 Å². The van der Waals surface area contributed by atoms with Crippen LogP contribution in [0.5, 0.6) is 5.75 Å². The van der Waals surface area contributed by atoms with Gasteiger partial charge in [0, 0.05) is 36.2 Å². The molecule has 10 heteroatoms. The quantitative estimate of drug-likeness (QED) is 0.310. The number of oxazole rings is 1. The van der Waals surface area contributed by atoms with Crippen LogP contribution in [0, 0.1) is 17.2 Å². The monoisotopic (exact) mass is 576 g/mol. The molecule has 2 aromatic carbocycles. The van der Waals surface area contributed by atoms with E-state index in [0.717, 1.165) is 42.5 Å². The summed E-state index contributed by atoms with van der Waals surface area (Å²) in [6.07, 6.45) is 4.85. The van der Waals surface area contributed by atoms with Gasteiger partial charge in [0.2, 0.25) is 11.8 Å². The first kappa shape index (κ1) is 27.6. The number of benzene rings is 2. The highest BCUT2D eigenvalue weighted by Gasteiger charge is 2.47. The number of ether oxygens (including phenoxy) is 1. The number of carbonyl (C=O) groups is 1. The smallest absolute Gasteiger partial charge is 0.230 e. The molecular formula is C31H36N4O5S. The number of methoxy groups -OCH3 is 1. The van der Waals surface area contributed by atoms with Crippen molar-refractivity contribution in [2.45, 2.75) is 50.0 Å². The molecule has 2 atom stereocenters. The number of nitrogens with one attached hydrogen (secondary N) is 1. The van der Waals surface area contributed by atoms with Crippen LogP contribution in [0.3, 0.4) is 0 Å². The number of rotatable bonds is 7. The Labute approximate surface area is 241 Å². The van der Waals surface area contributed by atoms with Crippen molar-refractivity contribution < 1.29 is 23.1 Å². The highest BCUT2D eigenvalue weighted by atomic mass is 32.3. The van der Waals surface area contributed by atoms with E-state index in [0.29, 0.717) is 60.5 Å². The van der Waals surface area contributed by atoms with Crippen molar-refractivity contribution in [1.29, 1.82) is 5.26 Å². The lowest BCUT2D eigenvalue weighted by molar-refractivity contribution is -0.127. The molecule has 0 spiro atoms. The van der Waals surface area contributed by atoms with Crippen LogP contribution >= 0.6 is 10.6 Å². The number of anilines is 1. The first-order valence-electron chi connectivity index (χ1n) is 14.3. The van der Waals surface area contributed by atoms with Gasteiger partial charge in [0.15, 0.2) is 0 Å². The van der Waals surface area contributed by atoms with Gasteiger partial charge in [0.1, 0.15) is 22.7 Å². The highest BCUT2D eigenvalue weighted by Crippen LogP contribution is 2.46. The Bertz CT molecular complexity index is 1450. The normalized spacial score (nSPS) is 23.7. The zero-order valence-corrected chi connectivity index (χ0v) is 24.0. The summed E-state index contributed by atoms with van der Waals surface area (Å²) in [6, 6.07) is 18.0. The minimum absolute atomic E-state index is 0.0821. The van der Waals surface area contributed by atoms with Crippen molar-refractivity contribution in [2.24, 2.45) is 5.92 Å². The molecule has 2 aliphatic carbocycles. The lowest BCUT2D eigenvalue weighted by Crippen LogP contribution is -2.42. The fourth-order valence-corrected chi connectivity index (χ4v) is 7.25. The molecule has 2 saturated carbocycles. The van der Waals surface area contributed by atoms with Crippen molar-refractivity contribution in [1.82, 2.24) is 10.3 Å². The Hall–Kier alpha value is -3.52. The Morgan fingerprint density at radius 3 is 2.51 bits per heavy atom. The second kappa shape index (κ2) is 11.0. The van der Waals surface area contributed by atoms with Crippen molar-refractivity contribution in [3.63, 3.8) is 0 Å². The molecule has 0 unspecified atom stereocenters. The fraction of sp³-hybridized carbons (Fsp3) is 0.452. The third-order valence-corrected chi connectivity index (χ3v) is 10.3. The minimum atomic E-state index is -2.47. The number of aromatic nitrogens is 1. The van der Waals surface area contributed by atoms with Gasteiger partial charge in [-0.3, -0.25) is 13.9 Å². The summed E-state index contributed by atoms with van der Waals surface area (Å²) in [5.41, 5.74) is 2.62. The summed E-state index contributed by atoms with van der Waals surface area (Å²) < 4.78 is 32.2. The first-order chi connectivity index (χ1) is 19.8. The predicted molar refractivity (Wildman–Crippen MR) is 159 cm³/mol. The molecule has 1 aliphatic heterocycles. The van der Waals surface area contributed by atoms with Crippen LogP contribution in [0.4, 0.5) is 5.69 Å². The van der Waals surface area contributed by atoms with Crippen LogP contribution < -0.4 is 15.0 Å². The number of nitrogens with zero attached hydrogens (tertiary/aromatic N) is 3. The predicted octanol–water partition coefficient (Wildman–Crippen LogP) is 6.03. The molecule has 0 radical (unpaired) electrons. The summed E-state index contributed by atoms with van der Waals surface area (Å²) in [5.74, 6) is 1.98. The molecule has 41 heavy (non-hydrogen) atoms. The zero-order chi connectivity index (χ0) is 28.6. The number of hydrogen-bond donors (Lipinski definition) is 3. The SMILES string of the molecule is COc1ccccc1-c1nc(-c2ccc(N3CCS(O)(O)CC3)cc2)c([C@@H]2CCCC[C@H]2C(=O)NC2(C#N)CC2)o1. The van der Waals surface area contributed by atoms with Gasteiger partial charge in [0.05, 0.1) is 30.2 Å². The van der Waals surface area contributed by atoms with E-state index in [1.165, 1.54) is 0 Å². The van der Waals surface area contributed by atoms with E-state index in [4.69, 9.17) is 14.1 Å². The third kappa shape index (κ3) is 5.67. The van der Waals surface area contributed by atoms with Crippen LogP contribution in [-0.2, 0) is 4.79 Å². The van der Waals surface area contributed by atoms with Crippen LogP contribution in [0.25, 0.3) is 22.7 Å². The lowest BCUT2D eigenvalue weighted by atomic mass is 9.76. The van der Waals surface area contributed by atoms with E-state index in [1.807, 2.05) is 48.5 Å². The van der Waals surface area contributed by atoms with Crippen molar-refractivity contribution in [2.75, 3.05) is 36.6 Å². The molecule has 3 aliphatic rings. The maximum absolute atomic E-state index is 13.5. The van der Waals surface area contributed by atoms with Gasteiger partial charge in [-0.2, -0.15) is 15.9 Å². The lowest BCUT2D eigenvalue weighted by Gasteiger charge is -2.41. The van der Waals surface area contributed by atoms with E-state index < -0.39 is 16.1 Å². The van der Waals surface area contributed by atoms with Crippen molar-refractivity contribution in [3.05, 3.63) is 54.3 Å². The molecule has 3 N–H and O–H groups in total. The Balaban J connectivity index is 1.36. The number of hydrogen-bond acceptors (Lipinski definition) is 8. The van der Waals surface area contributed by atoms with E-state index in [9.17, 15) is 19.2 Å². The summed E-state index contributed by atoms with van der Waals surface area (Å²) in [6.45, 7) is 1.19. The standard InChI is InChI=1S/C31H36N4O5S/c1-39-26-9-5-4-8-25(26)30-33-27(21-10-12-22(13-11-21)35-16-18-41(37,38)19-17-35)28(40-30)23-6-2-3-7-24(23)29(36)34-31(20-32)14-15-31/h4-5,8-13,23-24,37-38H,2-3,6-7,14-19H2,1H3,(H,34,36)/t23-,24-/m1/s1. The topological polar surface area (TPSA) is 132 Å². The second-order valence-corrected chi connectivity index (χ2v) is 13.8. The molecule has 1 aromatic heterocycles. The summed E-state index contributed by atoms with van der Waals surface area (Å²) in [5, 5.41) is 12.6. The summed E-state index contributed by atoms with van der Waals surface area (Å²) in [4.78, 5) is 20.7. The Morgan fingerprint density at radius 2 is 1.83 bits per heavy atom. The fourth-order valence-electron chi connectivity index (χ4n) is 6.02. The summed E-state index contributed by atoms with van der Waals surface area (Å²) >= 11 is 0. The molecule has 2 heterocycles. The van der Waals surface area contributed by atoms with Gasteiger partial charge < -0.3 is 19.4 Å². The molecular weight excluding hydrogens is 540 g/mol. The number of nitriles is 1. The van der Waals surface area contributed by atoms with Gasteiger partial charge in [-0.25, -0.2) is 4.98 Å². The highest BCUT2D eigenvalue weighted by molar-refractivity contribution is 8.24. The van der Waals surface area contributed by atoms with Gasteiger partial charge in [-0.1, -0.05) is 37.1 Å². The minimum Gasteiger partial charge on any atom is -0.496 e. The average Bonchev–Trinajstić information content (AvgIpc) is 3.63. The molecule has 1 amide bonds. The molecule has 1 saturated heterocycles. The van der Waals surface area contributed by atoms with E-state index in [1.54, 1.807) is 7.11 Å². The number of para-hydroxylation sites is 1. The second-order valence-electron chi connectivity index (χ2n) is 11.4. The maximum Gasteiger partial charge on any atom is 0.230 e. The van der Waals surface area contributed by atoms with Crippen molar-refractivity contribution in [3.8, 4) is 34.5 Å². The van der Waals surface area contributed by atoms with Crippen LogP contribution in [-0.4, -0.2) is 57.2 Å². The first-order valence-corrected chi connectivity index (χ1v) is 16.2. The van der Waals surface area contributed by atoms with Gasteiger partial charge in [0.25, 0.3) is 0 Å². The van der Waals surface area contributed by atoms with E-state index in [-0.39, 0.29) is 17.7 Å². The Morgan fingerprint density at radius 1 is 1.12 bits per heavy atom. The molecule has 3 fully saturated rings. The van der Waals surface area contributed by atoms with Crippen LogP contribution in [0.15, 0.2) is 52.9 Å². The molecule has 3 aromatic rings. The van der Waals surface area contributed by atoms with E-state index >= 15 is 0 Å². The molecule has 0 bridgehead atoms. The third-order valence-electron chi connectivity index (χ3n) is 8.64. The van der Waals surface area contributed by atoms with Crippen LogP contribution in [0.2, 0.25) is 0 Å². The van der Waals surface area contributed by atoms with Gasteiger partial charge in [-0.15, -0.1) is 0 Å². The molecule has 216 valence electrons. The average molecular weight is 577 g/mol.